The topological polar surface area (TPSA) is 12.0 Å². The molecule has 0 amide bonds. The van der Waals surface area contributed by atoms with Crippen molar-refractivity contribution < 1.29 is 0 Å². The smallest absolute Gasteiger partial charge is 0.00673 e. The van der Waals surface area contributed by atoms with Gasteiger partial charge in [-0.1, -0.05) is 12.8 Å². The van der Waals surface area contributed by atoms with Gasteiger partial charge >= 0.3 is 0 Å². The average Bonchev–Trinajstić information content (AvgIpc) is 2.41. The first-order valence-electron chi connectivity index (χ1n) is 4.16. The second-order valence-electron chi connectivity index (χ2n) is 2.93. The number of hydrogen-bond acceptors (Lipinski definition) is 2. The maximum atomic E-state index is 3.56. The van der Waals surface area contributed by atoms with E-state index in [0.717, 1.165) is 6.04 Å². The van der Waals surface area contributed by atoms with Crippen LogP contribution in [0, 0.1) is 0 Å². The molecule has 0 heterocycles. The third-order valence-electron chi connectivity index (χ3n) is 2.09. The molecular formula is C8H17NS. The summed E-state index contributed by atoms with van der Waals surface area (Å²) in [6.45, 7) is 1.20. The van der Waals surface area contributed by atoms with Gasteiger partial charge < -0.3 is 5.32 Å². The first-order valence-corrected chi connectivity index (χ1v) is 5.55. The Morgan fingerprint density at radius 2 is 2.10 bits per heavy atom. The second kappa shape index (κ2) is 5.03. The maximum absolute atomic E-state index is 3.56. The number of thioether (sulfide) groups is 1. The summed E-state index contributed by atoms with van der Waals surface area (Å²) >= 11 is 1.92. The van der Waals surface area contributed by atoms with Crippen LogP contribution in [0.3, 0.4) is 0 Å². The fourth-order valence-electron chi connectivity index (χ4n) is 1.50. The molecule has 0 unspecified atom stereocenters. The highest BCUT2D eigenvalue weighted by Crippen LogP contribution is 2.17. The van der Waals surface area contributed by atoms with Gasteiger partial charge in [0.2, 0.25) is 0 Å². The number of hydrogen-bond donors (Lipinski definition) is 1. The van der Waals surface area contributed by atoms with Gasteiger partial charge in [-0.3, -0.25) is 0 Å². The van der Waals surface area contributed by atoms with Crippen molar-refractivity contribution in [3.63, 3.8) is 0 Å². The molecule has 0 spiro atoms. The Hall–Kier alpha value is 0.310. The van der Waals surface area contributed by atoms with E-state index in [0.29, 0.717) is 0 Å². The van der Waals surface area contributed by atoms with Gasteiger partial charge in [0.25, 0.3) is 0 Å². The zero-order valence-electron chi connectivity index (χ0n) is 6.73. The van der Waals surface area contributed by atoms with Crippen LogP contribution in [0.2, 0.25) is 0 Å². The van der Waals surface area contributed by atoms with E-state index in [2.05, 4.69) is 11.6 Å². The molecule has 0 aromatic carbocycles. The minimum absolute atomic E-state index is 0.854. The van der Waals surface area contributed by atoms with E-state index in [-0.39, 0.29) is 0 Å². The molecule has 2 heteroatoms. The van der Waals surface area contributed by atoms with Crippen molar-refractivity contribution in [2.45, 2.75) is 31.7 Å². The highest BCUT2D eigenvalue weighted by molar-refractivity contribution is 7.98. The molecule has 1 aliphatic carbocycles. The maximum Gasteiger partial charge on any atom is 0.00673 e. The number of nitrogens with one attached hydrogen (secondary N) is 1. The van der Waals surface area contributed by atoms with E-state index in [1.807, 2.05) is 11.8 Å². The van der Waals surface area contributed by atoms with Crippen LogP contribution >= 0.6 is 11.8 Å². The van der Waals surface area contributed by atoms with Crippen molar-refractivity contribution in [2.75, 3.05) is 18.6 Å². The molecule has 1 saturated carbocycles. The van der Waals surface area contributed by atoms with Crippen LogP contribution in [0.1, 0.15) is 25.7 Å². The van der Waals surface area contributed by atoms with Crippen LogP contribution in [0.5, 0.6) is 0 Å². The van der Waals surface area contributed by atoms with Crippen molar-refractivity contribution in [1.82, 2.24) is 5.32 Å². The summed E-state index contributed by atoms with van der Waals surface area (Å²) in [6, 6.07) is 0.854. The average molecular weight is 159 g/mol. The van der Waals surface area contributed by atoms with Gasteiger partial charge in [0.15, 0.2) is 0 Å². The zero-order valence-corrected chi connectivity index (χ0v) is 7.54. The fraction of sp³-hybridized carbons (Fsp3) is 1.00. The molecule has 0 saturated heterocycles. The van der Waals surface area contributed by atoms with E-state index in [4.69, 9.17) is 0 Å². The Morgan fingerprint density at radius 1 is 1.40 bits per heavy atom. The molecule has 0 atom stereocenters. The molecule has 60 valence electrons. The van der Waals surface area contributed by atoms with Gasteiger partial charge in [0.1, 0.15) is 0 Å². The molecule has 1 nitrogen and oxygen atoms in total. The summed E-state index contributed by atoms with van der Waals surface area (Å²) in [4.78, 5) is 0. The Labute approximate surface area is 68.0 Å². The van der Waals surface area contributed by atoms with E-state index < -0.39 is 0 Å². The third-order valence-corrected chi connectivity index (χ3v) is 2.71. The summed E-state index contributed by atoms with van der Waals surface area (Å²) in [5.74, 6) is 1.26. The van der Waals surface area contributed by atoms with Crippen LogP contribution in [0.4, 0.5) is 0 Å². The highest BCUT2D eigenvalue weighted by Gasteiger charge is 2.12. The normalized spacial score (nSPS) is 20.1. The Balaban J connectivity index is 1.91. The lowest BCUT2D eigenvalue weighted by Gasteiger charge is -2.09. The molecule has 1 fully saturated rings. The molecule has 1 N–H and O–H groups in total. The van der Waals surface area contributed by atoms with Crippen LogP contribution in [0.25, 0.3) is 0 Å². The van der Waals surface area contributed by atoms with Crippen LogP contribution in [-0.4, -0.2) is 24.6 Å². The van der Waals surface area contributed by atoms with E-state index in [1.54, 1.807) is 0 Å². The van der Waals surface area contributed by atoms with E-state index >= 15 is 0 Å². The van der Waals surface area contributed by atoms with Crippen LogP contribution < -0.4 is 5.32 Å². The van der Waals surface area contributed by atoms with E-state index in [9.17, 15) is 0 Å². The monoisotopic (exact) mass is 159 g/mol. The minimum atomic E-state index is 0.854. The largest absolute Gasteiger partial charge is 0.313 e. The van der Waals surface area contributed by atoms with Crippen molar-refractivity contribution in [1.29, 1.82) is 0 Å². The standard InChI is InChI=1S/C8H17NS/c1-10-7-6-9-8-4-2-3-5-8/h8-9H,2-7H2,1H3. The zero-order chi connectivity index (χ0) is 7.23. The predicted octanol–water partition coefficient (Wildman–Crippen LogP) is 1.88. The second-order valence-corrected chi connectivity index (χ2v) is 3.91. The molecule has 0 aromatic heterocycles. The molecule has 1 rings (SSSR count). The minimum Gasteiger partial charge on any atom is -0.313 e. The molecule has 0 aromatic rings. The molecule has 1 aliphatic rings. The molecule has 0 bridgehead atoms. The van der Waals surface area contributed by atoms with Gasteiger partial charge in [-0.15, -0.1) is 0 Å². The fourth-order valence-corrected chi connectivity index (χ4v) is 1.82. The van der Waals surface area contributed by atoms with Crippen LogP contribution in [0.15, 0.2) is 0 Å². The lowest BCUT2D eigenvalue weighted by Crippen LogP contribution is -2.27. The van der Waals surface area contributed by atoms with Crippen molar-refractivity contribution in [2.24, 2.45) is 0 Å². The van der Waals surface area contributed by atoms with Gasteiger partial charge in [0, 0.05) is 18.3 Å². The SMILES string of the molecule is CSCCNC1CCCC1. The molecule has 0 radical (unpaired) electrons. The summed E-state index contributed by atoms with van der Waals surface area (Å²) in [7, 11) is 0. The summed E-state index contributed by atoms with van der Waals surface area (Å²) < 4.78 is 0. The lowest BCUT2D eigenvalue weighted by atomic mass is 10.2. The van der Waals surface area contributed by atoms with Crippen molar-refractivity contribution in [3.8, 4) is 0 Å². The first kappa shape index (κ1) is 8.41. The van der Waals surface area contributed by atoms with Crippen molar-refractivity contribution in [3.05, 3.63) is 0 Å². The Morgan fingerprint density at radius 3 is 2.70 bits per heavy atom. The van der Waals surface area contributed by atoms with Gasteiger partial charge in [-0.25, -0.2) is 0 Å². The van der Waals surface area contributed by atoms with Crippen molar-refractivity contribution >= 4 is 11.8 Å². The van der Waals surface area contributed by atoms with Crippen LogP contribution in [-0.2, 0) is 0 Å². The summed E-state index contributed by atoms with van der Waals surface area (Å²) in [5, 5.41) is 3.56. The number of rotatable bonds is 4. The Kier molecular flexibility index (Phi) is 4.23. The van der Waals surface area contributed by atoms with Gasteiger partial charge in [0.05, 0.1) is 0 Å². The lowest BCUT2D eigenvalue weighted by molar-refractivity contribution is 0.545. The highest BCUT2D eigenvalue weighted by atomic mass is 32.2. The molecule has 0 aliphatic heterocycles. The predicted molar refractivity (Wildman–Crippen MR) is 48.6 cm³/mol. The third kappa shape index (κ3) is 2.93. The van der Waals surface area contributed by atoms with E-state index in [1.165, 1.54) is 38.0 Å². The summed E-state index contributed by atoms with van der Waals surface area (Å²) in [6.07, 6.45) is 7.87. The summed E-state index contributed by atoms with van der Waals surface area (Å²) in [5.41, 5.74) is 0. The molecular weight excluding hydrogens is 142 g/mol. The molecule has 10 heavy (non-hydrogen) atoms. The quantitative estimate of drug-likeness (QED) is 0.629. The Bertz CT molecular complexity index is 79.3. The van der Waals surface area contributed by atoms with Gasteiger partial charge in [-0.2, -0.15) is 11.8 Å². The van der Waals surface area contributed by atoms with Gasteiger partial charge in [-0.05, 0) is 19.1 Å². The first-order chi connectivity index (χ1) is 4.93.